The van der Waals surface area contributed by atoms with Gasteiger partial charge in [-0.3, -0.25) is 9.59 Å². The lowest BCUT2D eigenvalue weighted by atomic mass is 9.96. The number of rotatable bonds is 7. The molecule has 0 bridgehead atoms. The van der Waals surface area contributed by atoms with Gasteiger partial charge in [0, 0.05) is 30.6 Å². The fraction of sp³-hybridized carbons (Fsp3) is 0.522. The van der Waals surface area contributed by atoms with Gasteiger partial charge in [0.15, 0.2) is 5.76 Å². The van der Waals surface area contributed by atoms with E-state index >= 15 is 0 Å². The molecule has 2 fully saturated rings. The van der Waals surface area contributed by atoms with Crippen LogP contribution >= 0.6 is 0 Å². The highest BCUT2D eigenvalue weighted by molar-refractivity contribution is 7.89. The van der Waals surface area contributed by atoms with Crippen LogP contribution in [0.3, 0.4) is 0 Å². The predicted octanol–water partition coefficient (Wildman–Crippen LogP) is 2.92. The number of benzene rings is 1. The van der Waals surface area contributed by atoms with Gasteiger partial charge in [0.25, 0.3) is 0 Å². The number of carbonyl (C=O) groups is 2. The number of sulfonamides is 1. The van der Waals surface area contributed by atoms with Crippen molar-refractivity contribution in [1.82, 2.24) is 14.8 Å². The Bertz CT molecular complexity index is 1110. The number of hydrogen-bond donors (Lipinski definition) is 2. The van der Waals surface area contributed by atoms with Crippen LogP contribution in [0.4, 0.5) is 5.69 Å². The van der Waals surface area contributed by atoms with Crippen molar-refractivity contribution >= 4 is 27.5 Å². The van der Waals surface area contributed by atoms with Crippen LogP contribution < -0.4 is 10.6 Å². The first-order valence-electron chi connectivity index (χ1n) is 11.3. The molecule has 2 aromatic rings. The van der Waals surface area contributed by atoms with Crippen LogP contribution in [-0.2, 0) is 19.6 Å². The summed E-state index contributed by atoms with van der Waals surface area (Å²) in [4.78, 5) is 24.8. The second-order valence-electron chi connectivity index (χ2n) is 8.95. The molecule has 178 valence electrons. The number of amides is 2. The van der Waals surface area contributed by atoms with Gasteiger partial charge in [-0.2, -0.15) is 4.31 Å². The maximum Gasteiger partial charge on any atom is 0.248 e. The molecule has 2 heterocycles. The van der Waals surface area contributed by atoms with Crippen LogP contribution in [0.5, 0.6) is 0 Å². The van der Waals surface area contributed by atoms with Crippen molar-refractivity contribution in [3.63, 3.8) is 0 Å². The van der Waals surface area contributed by atoms with E-state index in [0.717, 1.165) is 24.1 Å². The van der Waals surface area contributed by atoms with Crippen LogP contribution in [0.25, 0.3) is 0 Å². The van der Waals surface area contributed by atoms with Gasteiger partial charge in [-0.25, -0.2) is 8.42 Å². The summed E-state index contributed by atoms with van der Waals surface area (Å²) >= 11 is 0. The van der Waals surface area contributed by atoms with Crippen molar-refractivity contribution in [1.29, 1.82) is 0 Å². The fourth-order valence-corrected chi connectivity index (χ4v) is 5.95. The number of carbonyl (C=O) groups excluding carboxylic acids is 2. The highest BCUT2D eigenvalue weighted by Crippen LogP contribution is 2.31. The van der Waals surface area contributed by atoms with Crippen LogP contribution in [0.2, 0.25) is 0 Å². The molecule has 1 aromatic heterocycles. The molecule has 33 heavy (non-hydrogen) atoms. The van der Waals surface area contributed by atoms with E-state index in [9.17, 15) is 18.0 Å². The SMILES string of the molecule is Cc1noc(C)c1S(=O)(=O)N1CCC(C(=O)NC(C)c2ccc(NC(=O)C3CC3)cc2)CC1. The van der Waals surface area contributed by atoms with Crippen LogP contribution in [0.1, 0.15) is 55.7 Å². The third-order valence-corrected chi connectivity index (χ3v) is 8.52. The topological polar surface area (TPSA) is 122 Å². The van der Waals surface area contributed by atoms with Crippen molar-refractivity contribution < 1.29 is 22.5 Å². The van der Waals surface area contributed by atoms with Crippen LogP contribution in [0, 0.1) is 25.7 Å². The summed E-state index contributed by atoms with van der Waals surface area (Å²) in [6, 6.07) is 7.28. The molecule has 0 radical (unpaired) electrons. The van der Waals surface area contributed by atoms with Gasteiger partial charge in [-0.1, -0.05) is 17.3 Å². The standard InChI is InChI=1S/C23H30N4O5S/c1-14(17-6-8-20(9-7-17)25-23(29)18-4-5-18)24-22(28)19-10-12-27(13-11-19)33(30,31)21-15(2)26-32-16(21)3/h6-9,14,18-19H,4-5,10-13H2,1-3H3,(H,24,28)(H,25,29). The van der Waals surface area contributed by atoms with E-state index in [2.05, 4.69) is 15.8 Å². The number of nitrogens with one attached hydrogen (secondary N) is 2. The van der Waals surface area contributed by atoms with Crippen molar-refractivity contribution in [3.8, 4) is 0 Å². The third-order valence-electron chi connectivity index (χ3n) is 6.38. The van der Waals surface area contributed by atoms with Gasteiger partial charge in [0.1, 0.15) is 10.6 Å². The van der Waals surface area contributed by atoms with Gasteiger partial charge in [0.05, 0.1) is 6.04 Å². The Labute approximate surface area is 193 Å². The van der Waals surface area contributed by atoms with Crippen LogP contribution in [0.15, 0.2) is 33.7 Å². The zero-order chi connectivity index (χ0) is 23.8. The van der Waals surface area contributed by atoms with Gasteiger partial charge in [-0.15, -0.1) is 0 Å². The number of anilines is 1. The second kappa shape index (κ2) is 9.26. The largest absolute Gasteiger partial charge is 0.360 e. The van der Waals surface area contributed by atoms with Crippen molar-refractivity contribution in [2.45, 2.75) is 57.4 Å². The van der Waals surface area contributed by atoms with E-state index in [1.807, 2.05) is 31.2 Å². The second-order valence-corrected chi connectivity index (χ2v) is 10.8. The lowest BCUT2D eigenvalue weighted by Crippen LogP contribution is -2.43. The molecule has 1 aliphatic heterocycles. The number of hydrogen-bond acceptors (Lipinski definition) is 6. The summed E-state index contributed by atoms with van der Waals surface area (Å²) in [5.41, 5.74) is 2.03. The molecule has 4 rings (SSSR count). The molecule has 0 spiro atoms. The smallest absolute Gasteiger partial charge is 0.248 e. The van der Waals surface area contributed by atoms with Gasteiger partial charge >= 0.3 is 0 Å². The summed E-state index contributed by atoms with van der Waals surface area (Å²) in [7, 11) is -3.69. The predicted molar refractivity (Wildman–Crippen MR) is 122 cm³/mol. The van der Waals surface area contributed by atoms with Gasteiger partial charge in [-0.05, 0) is 64.2 Å². The Morgan fingerprint density at radius 3 is 2.18 bits per heavy atom. The molecule has 1 saturated carbocycles. The molecule has 1 unspecified atom stereocenters. The Balaban J connectivity index is 1.30. The number of nitrogens with zero attached hydrogens (tertiary/aromatic N) is 2. The molecule has 1 aromatic carbocycles. The third kappa shape index (κ3) is 5.11. The monoisotopic (exact) mass is 474 g/mol. The molecule has 10 heteroatoms. The molecule has 9 nitrogen and oxygen atoms in total. The van der Waals surface area contributed by atoms with E-state index < -0.39 is 10.0 Å². The average molecular weight is 475 g/mol. The summed E-state index contributed by atoms with van der Waals surface area (Å²) in [6.45, 7) is 5.65. The Hall–Kier alpha value is -2.72. The Morgan fingerprint density at radius 1 is 1.03 bits per heavy atom. The maximum absolute atomic E-state index is 13.0. The Kier molecular flexibility index (Phi) is 6.58. The minimum Gasteiger partial charge on any atom is -0.360 e. The Morgan fingerprint density at radius 2 is 1.64 bits per heavy atom. The van der Waals surface area contributed by atoms with Crippen molar-refractivity contribution in [2.75, 3.05) is 18.4 Å². The van der Waals surface area contributed by atoms with Gasteiger partial charge in [0.2, 0.25) is 21.8 Å². The van der Waals surface area contributed by atoms with E-state index in [0.29, 0.717) is 18.5 Å². The lowest BCUT2D eigenvalue weighted by Gasteiger charge is -2.31. The minimum atomic E-state index is -3.69. The van der Waals surface area contributed by atoms with Crippen molar-refractivity contribution in [3.05, 3.63) is 41.3 Å². The normalized spacial score (nSPS) is 18.6. The van der Waals surface area contributed by atoms with Crippen molar-refractivity contribution in [2.24, 2.45) is 11.8 Å². The highest BCUT2D eigenvalue weighted by atomic mass is 32.2. The minimum absolute atomic E-state index is 0.0619. The number of piperidine rings is 1. The summed E-state index contributed by atoms with van der Waals surface area (Å²) in [5, 5.41) is 9.69. The first-order valence-corrected chi connectivity index (χ1v) is 12.7. The van der Waals surface area contributed by atoms with E-state index in [4.69, 9.17) is 4.52 Å². The van der Waals surface area contributed by atoms with Crippen LogP contribution in [-0.4, -0.2) is 42.8 Å². The molecular weight excluding hydrogens is 444 g/mol. The first-order chi connectivity index (χ1) is 15.7. The van der Waals surface area contributed by atoms with Gasteiger partial charge < -0.3 is 15.2 Å². The maximum atomic E-state index is 13.0. The zero-order valence-corrected chi connectivity index (χ0v) is 19.9. The molecule has 2 aliphatic rings. The number of aryl methyl sites for hydroxylation is 2. The highest BCUT2D eigenvalue weighted by Gasteiger charge is 2.35. The summed E-state index contributed by atoms with van der Waals surface area (Å²) in [6.07, 6.45) is 2.82. The molecule has 1 aliphatic carbocycles. The fourth-order valence-electron chi connectivity index (χ4n) is 4.19. The average Bonchev–Trinajstić information content (AvgIpc) is 3.58. The molecule has 2 amide bonds. The lowest BCUT2D eigenvalue weighted by molar-refractivity contribution is -0.126. The number of aromatic nitrogens is 1. The summed E-state index contributed by atoms with van der Waals surface area (Å²) < 4.78 is 32.3. The molecular formula is C23H30N4O5S. The van der Waals surface area contributed by atoms with E-state index in [1.54, 1.807) is 13.8 Å². The molecule has 1 saturated heterocycles. The van der Waals surface area contributed by atoms with E-state index in [1.165, 1.54) is 4.31 Å². The first kappa shape index (κ1) is 23.4. The molecule has 1 atom stereocenters. The molecule has 2 N–H and O–H groups in total. The van der Waals surface area contributed by atoms with E-state index in [-0.39, 0.29) is 53.4 Å². The zero-order valence-electron chi connectivity index (χ0n) is 19.1. The summed E-state index contributed by atoms with van der Waals surface area (Å²) in [5.74, 6) is 0.156. The quantitative estimate of drug-likeness (QED) is 0.636.